The SMILES string of the molecule is CCCC1(C)C=CCC1(C)C. The lowest BCUT2D eigenvalue weighted by molar-refractivity contribution is 0.153. The highest BCUT2D eigenvalue weighted by molar-refractivity contribution is 5.13. The molecule has 0 fully saturated rings. The summed E-state index contributed by atoms with van der Waals surface area (Å²) in [7, 11) is 0. The lowest BCUT2D eigenvalue weighted by Crippen LogP contribution is -2.29. The molecule has 1 aliphatic rings. The first-order valence-electron chi connectivity index (χ1n) is 4.69. The zero-order chi connectivity index (χ0) is 8.54. The van der Waals surface area contributed by atoms with E-state index in [1.54, 1.807) is 0 Å². The Labute approximate surface area is 70.7 Å². The predicted molar refractivity (Wildman–Crippen MR) is 50.6 cm³/mol. The maximum atomic E-state index is 2.41. The minimum Gasteiger partial charge on any atom is -0.0874 e. The first-order valence-corrected chi connectivity index (χ1v) is 4.69. The van der Waals surface area contributed by atoms with Crippen LogP contribution in [0.2, 0.25) is 0 Å². The molecule has 0 saturated carbocycles. The zero-order valence-corrected chi connectivity index (χ0v) is 8.28. The van der Waals surface area contributed by atoms with Gasteiger partial charge in [-0.25, -0.2) is 0 Å². The van der Waals surface area contributed by atoms with E-state index in [0.717, 1.165) is 0 Å². The first-order chi connectivity index (χ1) is 5.02. The summed E-state index contributed by atoms with van der Waals surface area (Å²) >= 11 is 0. The molecule has 0 aromatic heterocycles. The van der Waals surface area contributed by atoms with Crippen molar-refractivity contribution < 1.29 is 0 Å². The molecule has 64 valence electrons. The van der Waals surface area contributed by atoms with Crippen molar-refractivity contribution in [1.29, 1.82) is 0 Å². The Balaban J connectivity index is 2.75. The van der Waals surface area contributed by atoms with Crippen LogP contribution in [0.1, 0.15) is 47.0 Å². The van der Waals surface area contributed by atoms with Crippen LogP contribution in [0.25, 0.3) is 0 Å². The topological polar surface area (TPSA) is 0 Å². The van der Waals surface area contributed by atoms with Gasteiger partial charge in [-0.15, -0.1) is 0 Å². The molecule has 1 rings (SSSR count). The van der Waals surface area contributed by atoms with E-state index in [4.69, 9.17) is 0 Å². The lowest BCUT2D eigenvalue weighted by Gasteiger charge is -2.37. The van der Waals surface area contributed by atoms with Gasteiger partial charge in [0.05, 0.1) is 0 Å². The van der Waals surface area contributed by atoms with Gasteiger partial charge in [-0.05, 0) is 23.7 Å². The van der Waals surface area contributed by atoms with Gasteiger partial charge in [-0.1, -0.05) is 46.3 Å². The Bertz CT molecular complexity index is 165. The van der Waals surface area contributed by atoms with E-state index in [1.807, 2.05) is 0 Å². The molecule has 11 heavy (non-hydrogen) atoms. The number of hydrogen-bond donors (Lipinski definition) is 0. The van der Waals surface area contributed by atoms with Crippen LogP contribution in [0.15, 0.2) is 12.2 Å². The second-order valence-corrected chi connectivity index (χ2v) is 4.66. The minimum absolute atomic E-state index is 0.460. The Morgan fingerprint density at radius 3 is 2.27 bits per heavy atom. The molecule has 0 bridgehead atoms. The van der Waals surface area contributed by atoms with E-state index in [1.165, 1.54) is 19.3 Å². The first kappa shape index (κ1) is 8.83. The summed E-state index contributed by atoms with van der Waals surface area (Å²) < 4.78 is 0. The van der Waals surface area contributed by atoms with Crippen molar-refractivity contribution in [3.63, 3.8) is 0 Å². The molecule has 0 nitrogen and oxygen atoms in total. The molecule has 1 atom stereocenters. The molecular weight excluding hydrogens is 132 g/mol. The average Bonchev–Trinajstić information content (AvgIpc) is 2.09. The summed E-state index contributed by atoms with van der Waals surface area (Å²) in [6.45, 7) is 9.42. The summed E-state index contributed by atoms with van der Waals surface area (Å²) in [5, 5.41) is 0. The minimum atomic E-state index is 0.460. The van der Waals surface area contributed by atoms with Crippen molar-refractivity contribution in [3.8, 4) is 0 Å². The van der Waals surface area contributed by atoms with Crippen molar-refractivity contribution in [2.24, 2.45) is 10.8 Å². The van der Waals surface area contributed by atoms with Crippen LogP contribution in [0.3, 0.4) is 0 Å². The summed E-state index contributed by atoms with van der Waals surface area (Å²) in [6, 6.07) is 0. The molecular formula is C11H20. The fourth-order valence-electron chi connectivity index (χ4n) is 2.01. The van der Waals surface area contributed by atoms with E-state index < -0.39 is 0 Å². The Morgan fingerprint density at radius 1 is 1.27 bits per heavy atom. The van der Waals surface area contributed by atoms with Crippen LogP contribution in [0.4, 0.5) is 0 Å². The normalized spacial score (nSPS) is 34.5. The van der Waals surface area contributed by atoms with E-state index in [2.05, 4.69) is 39.8 Å². The molecule has 0 aromatic carbocycles. The highest BCUT2D eigenvalue weighted by Gasteiger charge is 2.40. The third kappa shape index (κ3) is 1.36. The molecule has 0 amide bonds. The quantitative estimate of drug-likeness (QED) is 0.528. The molecule has 0 heteroatoms. The number of allylic oxidation sites excluding steroid dienone is 2. The lowest BCUT2D eigenvalue weighted by atomic mass is 9.67. The summed E-state index contributed by atoms with van der Waals surface area (Å²) in [5.74, 6) is 0. The van der Waals surface area contributed by atoms with Gasteiger partial charge in [0.25, 0.3) is 0 Å². The van der Waals surface area contributed by atoms with Gasteiger partial charge in [0.2, 0.25) is 0 Å². The van der Waals surface area contributed by atoms with Crippen molar-refractivity contribution in [1.82, 2.24) is 0 Å². The van der Waals surface area contributed by atoms with Gasteiger partial charge in [0, 0.05) is 0 Å². The summed E-state index contributed by atoms with van der Waals surface area (Å²) in [6.07, 6.45) is 8.64. The monoisotopic (exact) mass is 152 g/mol. The van der Waals surface area contributed by atoms with Crippen molar-refractivity contribution >= 4 is 0 Å². The average molecular weight is 152 g/mol. The zero-order valence-electron chi connectivity index (χ0n) is 8.28. The van der Waals surface area contributed by atoms with Crippen LogP contribution in [-0.2, 0) is 0 Å². The molecule has 0 spiro atoms. The van der Waals surface area contributed by atoms with Gasteiger partial charge in [0.15, 0.2) is 0 Å². The van der Waals surface area contributed by atoms with Crippen LogP contribution < -0.4 is 0 Å². The summed E-state index contributed by atoms with van der Waals surface area (Å²) in [4.78, 5) is 0. The highest BCUT2D eigenvalue weighted by atomic mass is 14.4. The molecule has 0 radical (unpaired) electrons. The number of rotatable bonds is 2. The third-order valence-corrected chi connectivity index (χ3v) is 3.43. The summed E-state index contributed by atoms with van der Waals surface area (Å²) in [5.41, 5.74) is 0.949. The maximum Gasteiger partial charge on any atom is -0.00925 e. The van der Waals surface area contributed by atoms with Gasteiger partial charge < -0.3 is 0 Å². The Hall–Kier alpha value is -0.260. The van der Waals surface area contributed by atoms with E-state index in [9.17, 15) is 0 Å². The van der Waals surface area contributed by atoms with Crippen LogP contribution in [-0.4, -0.2) is 0 Å². The largest absolute Gasteiger partial charge is 0.0874 e. The van der Waals surface area contributed by atoms with Crippen molar-refractivity contribution in [3.05, 3.63) is 12.2 Å². The molecule has 0 N–H and O–H groups in total. The molecule has 0 aromatic rings. The van der Waals surface area contributed by atoms with E-state index in [-0.39, 0.29) is 0 Å². The molecule has 0 saturated heterocycles. The van der Waals surface area contributed by atoms with E-state index in [0.29, 0.717) is 10.8 Å². The Kier molecular flexibility index (Phi) is 2.13. The predicted octanol–water partition coefficient (Wildman–Crippen LogP) is 3.78. The Morgan fingerprint density at radius 2 is 1.91 bits per heavy atom. The highest BCUT2D eigenvalue weighted by Crippen LogP contribution is 2.50. The fraction of sp³-hybridized carbons (Fsp3) is 0.818. The smallest absolute Gasteiger partial charge is 0.00925 e. The van der Waals surface area contributed by atoms with Crippen LogP contribution in [0, 0.1) is 10.8 Å². The molecule has 1 unspecified atom stereocenters. The van der Waals surface area contributed by atoms with Crippen molar-refractivity contribution in [2.45, 2.75) is 47.0 Å². The second-order valence-electron chi connectivity index (χ2n) is 4.66. The number of hydrogen-bond acceptors (Lipinski definition) is 0. The maximum absolute atomic E-state index is 2.41. The van der Waals surface area contributed by atoms with Gasteiger partial charge in [-0.3, -0.25) is 0 Å². The molecule has 0 heterocycles. The second kappa shape index (κ2) is 2.66. The van der Waals surface area contributed by atoms with Gasteiger partial charge in [0.1, 0.15) is 0 Å². The van der Waals surface area contributed by atoms with Crippen molar-refractivity contribution in [2.75, 3.05) is 0 Å². The third-order valence-electron chi connectivity index (χ3n) is 3.43. The van der Waals surface area contributed by atoms with E-state index >= 15 is 0 Å². The van der Waals surface area contributed by atoms with Crippen LogP contribution >= 0.6 is 0 Å². The standard InChI is InChI=1S/C11H20/c1-5-7-11(4)9-6-8-10(11,2)3/h6,9H,5,7-8H2,1-4H3. The van der Waals surface area contributed by atoms with Crippen LogP contribution in [0.5, 0.6) is 0 Å². The fourth-order valence-corrected chi connectivity index (χ4v) is 2.01. The van der Waals surface area contributed by atoms with Gasteiger partial charge >= 0.3 is 0 Å². The molecule has 0 aliphatic heterocycles. The van der Waals surface area contributed by atoms with Gasteiger partial charge in [-0.2, -0.15) is 0 Å². The molecule has 1 aliphatic carbocycles.